The Balaban J connectivity index is 2.15. The van der Waals surface area contributed by atoms with E-state index in [2.05, 4.69) is 9.97 Å². The summed E-state index contributed by atoms with van der Waals surface area (Å²) < 4.78 is 5.39. The van der Waals surface area contributed by atoms with Crippen LogP contribution in [0.2, 0.25) is 0 Å². The Kier molecular flexibility index (Phi) is 3.83. The van der Waals surface area contributed by atoms with Crippen molar-refractivity contribution in [2.24, 2.45) is 5.84 Å². The second-order valence-electron chi connectivity index (χ2n) is 4.58. The number of anilines is 3. The molecule has 1 aliphatic carbocycles. The fourth-order valence-corrected chi connectivity index (χ4v) is 2.37. The van der Waals surface area contributed by atoms with Gasteiger partial charge in [0.2, 0.25) is 0 Å². The van der Waals surface area contributed by atoms with E-state index < -0.39 is 0 Å². The number of hydrogen-bond acceptors (Lipinski definition) is 7. The van der Waals surface area contributed by atoms with E-state index in [1.54, 1.807) is 12.1 Å². The number of hydrazine groups is 1. The van der Waals surface area contributed by atoms with E-state index in [1.165, 1.54) is 6.33 Å². The van der Waals surface area contributed by atoms with Gasteiger partial charge in [0, 0.05) is 13.2 Å². The minimum atomic E-state index is 0.167. The third-order valence-electron chi connectivity index (χ3n) is 3.46. The lowest BCUT2D eigenvalue weighted by atomic mass is 9.92. The van der Waals surface area contributed by atoms with E-state index in [4.69, 9.17) is 22.0 Å². The Morgan fingerprint density at radius 1 is 1.33 bits per heavy atom. The highest BCUT2D eigenvalue weighted by Crippen LogP contribution is 2.29. The summed E-state index contributed by atoms with van der Waals surface area (Å²) in [6.07, 6.45) is 5.64. The van der Waals surface area contributed by atoms with Crippen LogP contribution in [-0.2, 0) is 4.74 Å². The molecule has 2 unspecified atom stereocenters. The number of ether oxygens (including phenoxy) is 1. The number of nitrogens with zero attached hydrogens (tertiary/aromatic N) is 3. The average Bonchev–Trinajstić information content (AvgIpc) is 2.41. The molecular formula is C11H20N6O. The van der Waals surface area contributed by atoms with Gasteiger partial charge in [0.25, 0.3) is 0 Å². The molecule has 1 aliphatic rings. The molecule has 100 valence electrons. The number of rotatable bonds is 3. The van der Waals surface area contributed by atoms with Gasteiger partial charge >= 0.3 is 0 Å². The van der Waals surface area contributed by atoms with Crippen LogP contribution in [0.1, 0.15) is 25.7 Å². The van der Waals surface area contributed by atoms with Crippen LogP contribution in [0.3, 0.4) is 0 Å². The molecule has 18 heavy (non-hydrogen) atoms. The van der Waals surface area contributed by atoms with Crippen LogP contribution >= 0.6 is 0 Å². The zero-order valence-corrected chi connectivity index (χ0v) is 10.5. The van der Waals surface area contributed by atoms with Gasteiger partial charge in [-0.05, 0) is 25.7 Å². The number of nitrogens with two attached hydrogens (primary N) is 3. The second kappa shape index (κ2) is 5.36. The largest absolute Gasteiger partial charge is 0.393 e. The molecule has 0 spiro atoms. The number of methoxy groups -OCH3 is 1. The molecule has 2 rings (SSSR count). The van der Waals surface area contributed by atoms with Gasteiger partial charge in [-0.1, -0.05) is 0 Å². The first-order valence-corrected chi connectivity index (χ1v) is 6.06. The molecule has 0 aromatic carbocycles. The van der Waals surface area contributed by atoms with E-state index in [1.807, 2.05) is 0 Å². The second-order valence-corrected chi connectivity index (χ2v) is 4.58. The highest BCUT2D eigenvalue weighted by molar-refractivity contribution is 5.72. The lowest BCUT2D eigenvalue weighted by Gasteiger charge is -2.35. The van der Waals surface area contributed by atoms with Crippen LogP contribution in [0, 0.1) is 0 Å². The van der Waals surface area contributed by atoms with Gasteiger partial charge in [0.05, 0.1) is 6.10 Å². The van der Waals surface area contributed by atoms with Crippen LogP contribution in [0.15, 0.2) is 6.33 Å². The summed E-state index contributed by atoms with van der Waals surface area (Å²) in [6.45, 7) is 0. The number of nitrogen functional groups attached to an aromatic ring is 2. The molecule has 1 aromatic heterocycles. The fraction of sp³-hybridized carbons (Fsp3) is 0.636. The lowest BCUT2D eigenvalue weighted by Crippen LogP contribution is -2.46. The third-order valence-corrected chi connectivity index (χ3v) is 3.46. The Bertz CT molecular complexity index is 413. The maximum atomic E-state index is 6.11. The van der Waals surface area contributed by atoms with Crippen molar-refractivity contribution in [1.29, 1.82) is 0 Å². The first kappa shape index (κ1) is 12.8. The Morgan fingerprint density at radius 2 is 2.11 bits per heavy atom. The van der Waals surface area contributed by atoms with Gasteiger partial charge in [-0.15, -0.1) is 0 Å². The van der Waals surface area contributed by atoms with E-state index in [0.717, 1.165) is 25.7 Å². The summed E-state index contributed by atoms with van der Waals surface area (Å²) >= 11 is 0. The minimum Gasteiger partial charge on any atom is -0.393 e. The number of hydrogen-bond donors (Lipinski definition) is 3. The lowest BCUT2D eigenvalue weighted by molar-refractivity contribution is 0.0630. The number of aromatic nitrogens is 2. The summed E-state index contributed by atoms with van der Waals surface area (Å²) in [7, 11) is 1.73. The Morgan fingerprint density at radius 3 is 2.83 bits per heavy atom. The van der Waals surface area contributed by atoms with Crippen LogP contribution < -0.4 is 22.3 Å². The molecule has 1 aromatic rings. The van der Waals surface area contributed by atoms with E-state index in [0.29, 0.717) is 11.5 Å². The van der Waals surface area contributed by atoms with Crippen molar-refractivity contribution >= 4 is 17.3 Å². The monoisotopic (exact) mass is 252 g/mol. The predicted molar refractivity (Wildman–Crippen MR) is 70.6 cm³/mol. The minimum absolute atomic E-state index is 0.167. The zero-order chi connectivity index (χ0) is 13.1. The third kappa shape index (κ3) is 2.46. The van der Waals surface area contributed by atoms with Crippen LogP contribution in [0.5, 0.6) is 0 Å². The molecule has 1 fully saturated rings. The van der Waals surface area contributed by atoms with Gasteiger partial charge < -0.3 is 16.2 Å². The molecule has 0 bridgehead atoms. The summed E-state index contributed by atoms with van der Waals surface area (Å²) in [5.74, 6) is 6.86. The van der Waals surface area contributed by atoms with E-state index in [9.17, 15) is 0 Å². The molecule has 0 radical (unpaired) electrons. The standard InChI is InChI=1S/C11H20N6O/c1-18-8-4-2-3-7(5-8)17(14)11-9(12)10(13)15-6-16-11/h6-8H,2-5,12,14H2,1H3,(H2,13,15,16). The van der Waals surface area contributed by atoms with Crippen molar-refractivity contribution in [3.05, 3.63) is 6.33 Å². The molecule has 1 saturated carbocycles. The van der Waals surface area contributed by atoms with Gasteiger partial charge in [0.15, 0.2) is 11.6 Å². The van der Waals surface area contributed by atoms with Gasteiger partial charge in [-0.25, -0.2) is 15.8 Å². The molecule has 7 nitrogen and oxygen atoms in total. The first-order valence-electron chi connectivity index (χ1n) is 6.06. The summed E-state index contributed by atoms with van der Waals surface area (Å²) in [5, 5.41) is 1.60. The Hall–Kier alpha value is -1.60. The maximum Gasteiger partial charge on any atom is 0.171 e. The van der Waals surface area contributed by atoms with Crippen molar-refractivity contribution < 1.29 is 4.74 Å². The summed E-state index contributed by atoms with van der Waals surface area (Å²) in [6, 6.07) is 0.167. The van der Waals surface area contributed by atoms with E-state index in [-0.39, 0.29) is 18.0 Å². The molecule has 2 atom stereocenters. The molecule has 0 aliphatic heterocycles. The average molecular weight is 252 g/mol. The van der Waals surface area contributed by atoms with Gasteiger partial charge in [-0.2, -0.15) is 0 Å². The van der Waals surface area contributed by atoms with Crippen molar-refractivity contribution in [3.63, 3.8) is 0 Å². The maximum absolute atomic E-state index is 6.11. The van der Waals surface area contributed by atoms with Crippen LogP contribution in [0.4, 0.5) is 17.3 Å². The SMILES string of the molecule is COC1CCCC(N(N)c2ncnc(N)c2N)C1. The van der Waals surface area contributed by atoms with Crippen molar-refractivity contribution in [2.45, 2.75) is 37.8 Å². The Labute approximate surface area is 106 Å². The predicted octanol–water partition coefficient (Wildman–Crippen LogP) is 0.279. The molecule has 0 amide bonds. The molecule has 1 heterocycles. The molecule has 0 saturated heterocycles. The quantitative estimate of drug-likeness (QED) is 0.522. The summed E-state index contributed by atoms with van der Waals surface area (Å²) in [5.41, 5.74) is 11.8. The topological polar surface area (TPSA) is 116 Å². The molecule has 6 N–H and O–H groups in total. The fourth-order valence-electron chi connectivity index (χ4n) is 2.37. The van der Waals surface area contributed by atoms with E-state index >= 15 is 0 Å². The van der Waals surface area contributed by atoms with Crippen LogP contribution in [-0.4, -0.2) is 29.2 Å². The normalized spacial score (nSPS) is 23.9. The van der Waals surface area contributed by atoms with Gasteiger partial charge in [-0.3, -0.25) is 5.01 Å². The van der Waals surface area contributed by atoms with Gasteiger partial charge in [0.1, 0.15) is 12.0 Å². The van der Waals surface area contributed by atoms with Crippen molar-refractivity contribution in [2.75, 3.05) is 23.6 Å². The van der Waals surface area contributed by atoms with Crippen LogP contribution in [0.25, 0.3) is 0 Å². The van der Waals surface area contributed by atoms with Crippen molar-refractivity contribution in [1.82, 2.24) is 9.97 Å². The molecular weight excluding hydrogens is 232 g/mol. The smallest absolute Gasteiger partial charge is 0.171 e. The zero-order valence-electron chi connectivity index (χ0n) is 10.5. The van der Waals surface area contributed by atoms with Crippen molar-refractivity contribution in [3.8, 4) is 0 Å². The molecule has 7 heteroatoms. The highest BCUT2D eigenvalue weighted by atomic mass is 16.5. The summed E-state index contributed by atoms with van der Waals surface area (Å²) in [4.78, 5) is 7.94. The highest BCUT2D eigenvalue weighted by Gasteiger charge is 2.27. The first-order chi connectivity index (χ1) is 8.63.